The van der Waals surface area contributed by atoms with Crippen LogP contribution in [0.4, 0.5) is 0 Å². The van der Waals surface area contributed by atoms with Gasteiger partial charge in [-0.2, -0.15) is 0 Å². The summed E-state index contributed by atoms with van der Waals surface area (Å²) in [6, 6.07) is 8.37. The summed E-state index contributed by atoms with van der Waals surface area (Å²) in [5.41, 5.74) is 0. The lowest BCUT2D eigenvalue weighted by molar-refractivity contribution is 0.0704. The van der Waals surface area contributed by atoms with Gasteiger partial charge in [0.25, 0.3) is 0 Å². The molecule has 0 aromatic heterocycles. The fourth-order valence-corrected chi connectivity index (χ4v) is 3.02. The highest BCUT2D eigenvalue weighted by molar-refractivity contribution is 6.30. The molecule has 2 saturated heterocycles. The van der Waals surface area contributed by atoms with Gasteiger partial charge in [-0.15, -0.1) is 0 Å². The van der Waals surface area contributed by atoms with Crippen LogP contribution in [-0.2, 0) is 0 Å². The molecule has 2 heterocycles. The normalized spacial score (nSPS) is 21.2. The molecule has 0 amide bonds. The molecule has 0 unspecified atom stereocenters. The first kappa shape index (κ1) is 15.1. The number of ether oxygens (including phenoxy) is 1. The Bertz CT molecular complexity index is 428. The van der Waals surface area contributed by atoms with Crippen LogP contribution in [0.25, 0.3) is 0 Å². The SMILES string of the molecule is Clc1ccc(OCCCN2CCN(C3CNC3)CC2)cc1. The average molecular weight is 310 g/mol. The number of hydrogen-bond acceptors (Lipinski definition) is 4. The Morgan fingerprint density at radius 3 is 2.43 bits per heavy atom. The first-order chi connectivity index (χ1) is 10.3. The second-order valence-corrected chi connectivity index (χ2v) is 6.28. The fourth-order valence-electron chi connectivity index (χ4n) is 2.89. The Kier molecular flexibility index (Phi) is 5.36. The minimum Gasteiger partial charge on any atom is -0.494 e. The molecule has 2 aliphatic rings. The van der Waals surface area contributed by atoms with Crippen molar-refractivity contribution in [2.24, 2.45) is 0 Å². The van der Waals surface area contributed by atoms with Crippen LogP contribution in [0.2, 0.25) is 5.02 Å². The van der Waals surface area contributed by atoms with Crippen LogP contribution in [0, 0.1) is 0 Å². The van der Waals surface area contributed by atoms with Crippen LogP contribution in [0.1, 0.15) is 6.42 Å². The smallest absolute Gasteiger partial charge is 0.119 e. The number of benzene rings is 1. The summed E-state index contributed by atoms with van der Waals surface area (Å²) in [7, 11) is 0. The van der Waals surface area contributed by atoms with E-state index in [2.05, 4.69) is 15.1 Å². The quantitative estimate of drug-likeness (QED) is 0.810. The van der Waals surface area contributed by atoms with E-state index in [1.165, 1.54) is 39.3 Å². The maximum Gasteiger partial charge on any atom is 0.119 e. The van der Waals surface area contributed by atoms with Crippen molar-refractivity contribution in [3.05, 3.63) is 29.3 Å². The van der Waals surface area contributed by atoms with Crippen LogP contribution < -0.4 is 10.1 Å². The first-order valence-corrected chi connectivity index (χ1v) is 8.24. The molecule has 4 nitrogen and oxygen atoms in total. The third-order valence-electron chi connectivity index (χ3n) is 4.38. The number of hydrogen-bond donors (Lipinski definition) is 1. The summed E-state index contributed by atoms with van der Waals surface area (Å²) in [5.74, 6) is 0.904. The lowest BCUT2D eigenvalue weighted by Crippen LogP contribution is -2.61. The van der Waals surface area contributed by atoms with Gasteiger partial charge < -0.3 is 15.0 Å². The fraction of sp³-hybridized carbons (Fsp3) is 0.625. The highest BCUT2D eigenvalue weighted by Crippen LogP contribution is 2.15. The Morgan fingerprint density at radius 2 is 1.81 bits per heavy atom. The number of piperazine rings is 1. The van der Waals surface area contributed by atoms with Crippen molar-refractivity contribution < 1.29 is 4.74 Å². The Hall–Kier alpha value is -0.810. The molecule has 0 radical (unpaired) electrons. The highest BCUT2D eigenvalue weighted by atomic mass is 35.5. The molecule has 2 aliphatic heterocycles. The van der Waals surface area contributed by atoms with Gasteiger partial charge in [0.05, 0.1) is 6.61 Å². The van der Waals surface area contributed by atoms with Crippen LogP contribution in [0.5, 0.6) is 5.75 Å². The summed E-state index contributed by atoms with van der Waals surface area (Å²) >= 11 is 5.85. The summed E-state index contributed by atoms with van der Waals surface area (Å²) < 4.78 is 5.73. The monoisotopic (exact) mass is 309 g/mol. The second-order valence-electron chi connectivity index (χ2n) is 5.85. The van der Waals surface area contributed by atoms with E-state index in [-0.39, 0.29) is 0 Å². The number of rotatable bonds is 6. The maximum absolute atomic E-state index is 5.85. The van der Waals surface area contributed by atoms with Crippen LogP contribution >= 0.6 is 11.6 Å². The zero-order valence-corrected chi connectivity index (χ0v) is 13.2. The predicted octanol–water partition coefficient (Wildman–Crippen LogP) is 1.70. The van der Waals surface area contributed by atoms with Crippen molar-refractivity contribution in [3.63, 3.8) is 0 Å². The van der Waals surface area contributed by atoms with Gasteiger partial charge in [0, 0.05) is 56.9 Å². The van der Waals surface area contributed by atoms with Gasteiger partial charge in [-0.3, -0.25) is 4.90 Å². The average Bonchev–Trinajstić information content (AvgIpc) is 2.45. The third-order valence-corrected chi connectivity index (χ3v) is 4.64. The van der Waals surface area contributed by atoms with Crippen LogP contribution in [0.3, 0.4) is 0 Å². The maximum atomic E-state index is 5.85. The van der Waals surface area contributed by atoms with Crippen LogP contribution in [-0.4, -0.2) is 68.3 Å². The molecule has 116 valence electrons. The van der Waals surface area contributed by atoms with E-state index in [9.17, 15) is 0 Å². The van der Waals surface area contributed by atoms with Gasteiger partial charge in [0.15, 0.2) is 0 Å². The molecule has 5 heteroatoms. The van der Waals surface area contributed by atoms with Crippen molar-refractivity contribution >= 4 is 11.6 Å². The predicted molar refractivity (Wildman–Crippen MR) is 86.2 cm³/mol. The molecule has 1 aromatic carbocycles. The van der Waals surface area contributed by atoms with Crippen LogP contribution in [0.15, 0.2) is 24.3 Å². The van der Waals surface area contributed by atoms with Gasteiger partial charge in [0.2, 0.25) is 0 Å². The largest absolute Gasteiger partial charge is 0.494 e. The summed E-state index contributed by atoms with van der Waals surface area (Å²) in [5, 5.41) is 4.10. The number of halogens is 1. The molecule has 3 rings (SSSR count). The molecule has 1 aromatic rings. The lowest BCUT2D eigenvalue weighted by Gasteiger charge is -2.43. The molecule has 2 fully saturated rings. The van der Waals surface area contributed by atoms with Gasteiger partial charge in [-0.25, -0.2) is 0 Å². The van der Waals surface area contributed by atoms with Gasteiger partial charge in [0.1, 0.15) is 5.75 Å². The number of nitrogens with one attached hydrogen (secondary N) is 1. The highest BCUT2D eigenvalue weighted by Gasteiger charge is 2.27. The minimum absolute atomic E-state index is 0.752. The van der Waals surface area contributed by atoms with Gasteiger partial charge in [-0.1, -0.05) is 11.6 Å². The Balaban J connectivity index is 1.28. The third kappa shape index (κ3) is 4.33. The molecule has 0 aliphatic carbocycles. The molecular weight excluding hydrogens is 286 g/mol. The van der Waals surface area contributed by atoms with E-state index in [0.717, 1.165) is 36.4 Å². The Labute approximate surface area is 132 Å². The standard InChI is InChI=1S/C16H24ClN3O/c17-14-2-4-16(5-3-14)21-11-1-6-19-7-9-20(10-8-19)15-12-18-13-15/h2-5,15,18H,1,6-13H2. The topological polar surface area (TPSA) is 27.7 Å². The molecule has 0 saturated carbocycles. The zero-order valence-electron chi connectivity index (χ0n) is 12.4. The van der Waals surface area contributed by atoms with E-state index in [1.54, 1.807) is 0 Å². The van der Waals surface area contributed by atoms with Gasteiger partial charge in [-0.05, 0) is 30.7 Å². The molecule has 0 spiro atoms. The van der Waals surface area contributed by atoms with Crippen molar-refractivity contribution in [2.45, 2.75) is 12.5 Å². The van der Waals surface area contributed by atoms with Gasteiger partial charge >= 0.3 is 0 Å². The molecule has 21 heavy (non-hydrogen) atoms. The first-order valence-electron chi connectivity index (χ1n) is 7.87. The van der Waals surface area contributed by atoms with E-state index in [4.69, 9.17) is 16.3 Å². The molecule has 0 bridgehead atoms. The summed E-state index contributed by atoms with van der Waals surface area (Å²) in [6.45, 7) is 9.06. The van der Waals surface area contributed by atoms with Crippen molar-refractivity contribution in [1.29, 1.82) is 0 Å². The van der Waals surface area contributed by atoms with E-state index >= 15 is 0 Å². The summed E-state index contributed by atoms with van der Waals surface area (Å²) in [6.07, 6.45) is 1.08. The van der Waals surface area contributed by atoms with E-state index < -0.39 is 0 Å². The second kappa shape index (κ2) is 7.45. The van der Waals surface area contributed by atoms with E-state index in [0.29, 0.717) is 0 Å². The Morgan fingerprint density at radius 1 is 1.10 bits per heavy atom. The van der Waals surface area contributed by atoms with Crippen molar-refractivity contribution in [3.8, 4) is 5.75 Å². The van der Waals surface area contributed by atoms with Crippen molar-refractivity contribution in [2.75, 3.05) is 52.4 Å². The molecule has 0 atom stereocenters. The number of nitrogens with zero attached hydrogens (tertiary/aromatic N) is 2. The zero-order chi connectivity index (χ0) is 14.5. The van der Waals surface area contributed by atoms with Crippen molar-refractivity contribution in [1.82, 2.24) is 15.1 Å². The lowest BCUT2D eigenvalue weighted by atomic mass is 10.1. The minimum atomic E-state index is 0.752. The van der Waals surface area contributed by atoms with E-state index in [1.807, 2.05) is 24.3 Å². The summed E-state index contributed by atoms with van der Waals surface area (Å²) in [4.78, 5) is 5.17. The molecule has 1 N–H and O–H groups in total. The molecular formula is C16H24ClN3O.